The normalized spacial score (nSPS) is 10.5. The molecule has 2 heterocycles. The topological polar surface area (TPSA) is 73.6 Å². The SMILES string of the molecule is CCOC(=O)c1cc(=O)n2nc(Cl)ccc2n1. The van der Waals surface area contributed by atoms with E-state index < -0.39 is 11.5 Å². The van der Waals surface area contributed by atoms with E-state index >= 15 is 0 Å². The van der Waals surface area contributed by atoms with Crippen LogP contribution in [0.2, 0.25) is 5.15 Å². The van der Waals surface area contributed by atoms with Gasteiger partial charge in [-0.2, -0.15) is 9.61 Å². The fraction of sp³-hybridized carbons (Fsp3) is 0.200. The number of nitrogens with zero attached hydrogens (tertiary/aromatic N) is 3. The Kier molecular flexibility index (Phi) is 3.06. The molecule has 0 fully saturated rings. The second kappa shape index (κ2) is 4.50. The molecule has 17 heavy (non-hydrogen) atoms. The molecule has 0 radical (unpaired) electrons. The molecule has 0 unspecified atom stereocenters. The summed E-state index contributed by atoms with van der Waals surface area (Å²) in [6.45, 7) is 1.89. The number of carbonyl (C=O) groups excluding carboxylic acids is 1. The lowest BCUT2D eigenvalue weighted by Crippen LogP contribution is -2.20. The average molecular weight is 254 g/mol. The predicted octanol–water partition coefficient (Wildman–Crippen LogP) is 0.920. The van der Waals surface area contributed by atoms with Gasteiger partial charge in [-0.3, -0.25) is 4.79 Å². The first-order chi connectivity index (χ1) is 8.11. The van der Waals surface area contributed by atoms with E-state index in [0.29, 0.717) is 0 Å². The van der Waals surface area contributed by atoms with E-state index in [-0.39, 0.29) is 23.1 Å². The van der Waals surface area contributed by atoms with Gasteiger partial charge in [0.25, 0.3) is 5.56 Å². The van der Waals surface area contributed by atoms with E-state index in [2.05, 4.69) is 10.1 Å². The first-order valence-corrected chi connectivity index (χ1v) is 5.23. The van der Waals surface area contributed by atoms with Crippen LogP contribution in [0.15, 0.2) is 23.0 Å². The Morgan fingerprint density at radius 3 is 3.00 bits per heavy atom. The minimum atomic E-state index is -0.637. The summed E-state index contributed by atoms with van der Waals surface area (Å²) in [4.78, 5) is 27.0. The number of rotatable bonds is 2. The Balaban J connectivity index is 2.60. The lowest BCUT2D eigenvalue weighted by Gasteiger charge is -2.03. The monoisotopic (exact) mass is 253 g/mol. The van der Waals surface area contributed by atoms with Gasteiger partial charge in [0.2, 0.25) is 0 Å². The third-order valence-electron chi connectivity index (χ3n) is 1.97. The van der Waals surface area contributed by atoms with Gasteiger partial charge in [-0.15, -0.1) is 0 Å². The maximum absolute atomic E-state index is 11.7. The molecule has 0 bridgehead atoms. The van der Waals surface area contributed by atoms with Crippen LogP contribution in [0.1, 0.15) is 17.4 Å². The molecule has 0 aromatic carbocycles. The van der Waals surface area contributed by atoms with Crippen molar-refractivity contribution >= 4 is 23.2 Å². The van der Waals surface area contributed by atoms with Crippen molar-refractivity contribution in [1.29, 1.82) is 0 Å². The van der Waals surface area contributed by atoms with E-state index in [1.165, 1.54) is 12.1 Å². The van der Waals surface area contributed by atoms with Crippen molar-refractivity contribution in [2.45, 2.75) is 6.92 Å². The maximum atomic E-state index is 11.7. The number of hydrogen-bond acceptors (Lipinski definition) is 5. The Morgan fingerprint density at radius 1 is 1.53 bits per heavy atom. The van der Waals surface area contributed by atoms with Crippen LogP contribution < -0.4 is 5.56 Å². The number of ether oxygens (including phenoxy) is 1. The quantitative estimate of drug-likeness (QED) is 0.744. The minimum absolute atomic E-state index is 0.0408. The van der Waals surface area contributed by atoms with Crippen molar-refractivity contribution in [1.82, 2.24) is 14.6 Å². The van der Waals surface area contributed by atoms with E-state index in [1.54, 1.807) is 6.92 Å². The second-order valence-electron chi connectivity index (χ2n) is 3.13. The van der Waals surface area contributed by atoms with Gasteiger partial charge in [0.15, 0.2) is 11.3 Å². The van der Waals surface area contributed by atoms with Crippen LogP contribution in [-0.2, 0) is 4.74 Å². The molecule has 0 aliphatic carbocycles. The molecule has 0 N–H and O–H groups in total. The summed E-state index contributed by atoms with van der Waals surface area (Å²) in [5.74, 6) is -0.637. The van der Waals surface area contributed by atoms with Crippen LogP contribution in [0.25, 0.3) is 5.65 Å². The molecule has 6 nitrogen and oxygen atoms in total. The molecule has 2 aromatic heterocycles. The lowest BCUT2D eigenvalue weighted by molar-refractivity contribution is 0.0519. The van der Waals surface area contributed by atoms with E-state index in [4.69, 9.17) is 16.3 Å². The molecular weight excluding hydrogens is 246 g/mol. The number of carbonyl (C=O) groups is 1. The maximum Gasteiger partial charge on any atom is 0.357 e. The molecule has 0 aliphatic heterocycles. The van der Waals surface area contributed by atoms with Crippen LogP contribution in [0, 0.1) is 0 Å². The van der Waals surface area contributed by atoms with Gasteiger partial charge in [-0.25, -0.2) is 9.78 Å². The standard InChI is InChI=1S/C10H8ClN3O3/c1-2-17-10(16)6-5-9(15)14-8(12-6)4-3-7(11)13-14/h3-5H,2H2,1H3. The number of hydrogen-bond donors (Lipinski definition) is 0. The number of fused-ring (bicyclic) bond motifs is 1. The summed E-state index contributed by atoms with van der Waals surface area (Å²) in [6, 6.07) is 4.05. The third-order valence-corrected chi connectivity index (χ3v) is 2.17. The highest BCUT2D eigenvalue weighted by molar-refractivity contribution is 6.29. The van der Waals surface area contributed by atoms with Crippen LogP contribution >= 0.6 is 11.6 Å². The van der Waals surface area contributed by atoms with Gasteiger partial charge >= 0.3 is 5.97 Å². The van der Waals surface area contributed by atoms with Gasteiger partial charge in [0.05, 0.1) is 6.61 Å². The number of aromatic nitrogens is 3. The Morgan fingerprint density at radius 2 is 2.29 bits per heavy atom. The van der Waals surface area contributed by atoms with Crippen molar-refractivity contribution in [3.05, 3.63) is 39.4 Å². The second-order valence-corrected chi connectivity index (χ2v) is 3.51. The molecule has 0 atom stereocenters. The zero-order valence-electron chi connectivity index (χ0n) is 8.88. The summed E-state index contributed by atoms with van der Waals surface area (Å²) >= 11 is 5.65. The van der Waals surface area contributed by atoms with Gasteiger partial charge in [-0.1, -0.05) is 11.6 Å². The molecule has 2 rings (SSSR count). The van der Waals surface area contributed by atoms with Crippen molar-refractivity contribution in [3.63, 3.8) is 0 Å². The molecule has 7 heteroatoms. The van der Waals surface area contributed by atoms with Crippen LogP contribution in [-0.4, -0.2) is 27.2 Å². The van der Waals surface area contributed by atoms with E-state index in [0.717, 1.165) is 10.6 Å². The number of esters is 1. The molecule has 0 saturated heterocycles. The molecule has 0 aliphatic rings. The average Bonchev–Trinajstić information content (AvgIpc) is 2.30. The van der Waals surface area contributed by atoms with Crippen LogP contribution in [0.4, 0.5) is 0 Å². The Hall–Kier alpha value is -1.95. The zero-order valence-corrected chi connectivity index (χ0v) is 9.64. The number of halogens is 1. The highest BCUT2D eigenvalue weighted by Gasteiger charge is 2.11. The lowest BCUT2D eigenvalue weighted by atomic mass is 10.4. The molecule has 0 saturated carbocycles. The van der Waals surface area contributed by atoms with Crippen LogP contribution in [0.3, 0.4) is 0 Å². The van der Waals surface area contributed by atoms with Crippen molar-refractivity contribution < 1.29 is 9.53 Å². The molecule has 88 valence electrons. The third kappa shape index (κ3) is 2.26. The fourth-order valence-corrected chi connectivity index (χ4v) is 1.42. The molecular formula is C10H8ClN3O3. The van der Waals surface area contributed by atoms with Gasteiger partial charge < -0.3 is 4.74 Å². The molecule has 2 aromatic rings. The summed E-state index contributed by atoms with van der Waals surface area (Å²) in [5, 5.41) is 3.95. The summed E-state index contributed by atoms with van der Waals surface area (Å²) in [5.41, 5.74) is -0.286. The van der Waals surface area contributed by atoms with Crippen molar-refractivity contribution in [3.8, 4) is 0 Å². The van der Waals surface area contributed by atoms with Crippen molar-refractivity contribution in [2.75, 3.05) is 6.61 Å². The first kappa shape index (κ1) is 11.5. The van der Waals surface area contributed by atoms with Gasteiger partial charge in [0, 0.05) is 6.07 Å². The Labute approximate surface area is 101 Å². The fourth-order valence-electron chi connectivity index (χ4n) is 1.28. The predicted molar refractivity (Wildman–Crippen MR) is 60.2 cm³/mol. The smallest absolute Gasteiger partial charge is 0.357 e. The minimum Gasteiger partial charge on any atom is -0.461 e. The van der Waals surface area contributed by atoms with Crippen molar-refractivity contribution in [2.24, 2.45) is 0 Å². The van der Waals surface area contributed by atoms with E-state index in [1.807, 2.05) is 0 Å². The summed E-state index contributed by atoms with van der Waals surface area (Å²) in [7, 11) is 0. The van der Waals surface area contributed by atoms with Crippen LogP contribution in [0.5, 0.6) is 0 Å². The molecule has 0 spiro atoms. The first-order valence-electron chi connectivity index (χ1n) is 4.85. The Bertz CT molecular complexity index is 638. The zero-order chi connectivity index (χ0) is 12.4. The highest BCUT2D eigenvalue weighted by Crippen LogP contribution is 2.05. The summed E-state index contributed by atoms with van der Waals surface area (Å²) < 4.78 is 5.78. The van der Waals surface area contributed by atoms with Gasteiger partial charge in [-0.05, 0) is 19.1 Å². The van der Waals surface area contributed by atoms with E-state index in [9.17, 15) is 9.59 Å². The van der Waals surface area contributed by atoms with Gasteiger partial charge in [0.1, 0.15) is 5.15 Å². The largest absolute Gasteiger partial charge is 0.461 e. The summed E-state index contributed by atoms with van der Waals surface area (Å²) in [6.07, 6.45) is 0. The highest BCUT2D eigenvalue weighted by atomic mass is 35.5. The molecule has 0 amide bonds.